The highest BCUT2D eigenvalue weighted by Crippen LogP contribution is 2.36. The Kier molecular flexibility index (Phi) is 6.15. The van der Waals surface area contributed by atoms with Crippen LogP contribution in [0, 0.1) is 12.7 Å². The van der Waals surface area contributed by atoms with Crippen LogP contribution in [0.25, 0.3) is 10.2 Å². The minimum Gasteiger partial charge on any atom is -0.366 e. The van der Waals surface area contributed by atoms with Gasteiger partial charge in [-0.2, -0.15) is 0 Å². The second-order valence-electron chi connectivity index (χ2n) is 8.51. The molecule has 0 spiro atoms. The van der Waals surface area contributed by atoms with Crippen molar-refractivity contribution in [2.45, 2.75) is 13.5 Å². The van der Waals surface area contributed by atoms with Gasteiger partial charge in [-0.25, -0.2) is 14.4 Å². The van der Waals surface area contributed by atoms with Crippen LogP contribution in [0.5, 0.6) is 0 Å². The molecule has 174 valence electrons. The van der Waals surface area contributed by atoms with Crippen molar-refractivity contribution in [1.82, 2.24) is 14.9 Å². The van der Waals surface area contributed by atoms with Gasteiger partial charge in [0.1, 0.15) is 22.8 Å². The lowest BCUT2D eigenvalue weighted by molar-refractivity contribution is 0.0789. The van der Waals surface area contributed by atoms with Crippen molar-refractivity contribution in [2.75, 3.05) is 43.0 Å². The van der Waals surface area contributed by atoms with Crippen molar-refractivity contribution < 1.29 is 9.18 Å². The van der Waals surface area contributed by atoms with E-state index in [-0.39, 0.29) is 11.7 Å². The van der Waals surface area contributed by atoms with Crippen LogP contribution in [-0.2, 0) is 6.54 Å². The molecule has 1 aliphatic heterocycles. The molecule has 6 nitrogen and oxygen atoms in total. The highest BCUT2D eigenvalue weighted by molar-refractivity contribution is 7.20. The molecule has 34 heavy (non-hydrogen) atoms. The van der Waals surface area contributed by atoms with Crippen LogP contribution in [0.3, 0.4) is 0 Å². The van der Waals surface area contributed by atoms with Gasteiger partial charge in [0.25, 0.3) is 5.91 Å². The maximum atomic E-state index is 14.2. The number of amides is 1. The Labute approximate surface area is 202 Å². The van der Waals surface area contributed by atoms with Gasteiger partial charge >= 0.3 is 0 Å². The molecule has 1 fully saturated rings. The van der Waals surface area contributed by atoms with Crippen molar-refractivity contribution in [3.8, 4) is 0 Å². The fraction of sp³-hybridized carbons (Fsp3) is 0.269. The molecular formula is C26H26FN5OS. The number of hydrogen-bond donors (Lipinski definition) is 0. The quantitative estimate of drug-likeness (QED) is 0.417. The van der Waals surface area contributed by atoms with E-state index in [4.69, 9.17) is 0 Å². The minimum absolute atomic E-state index is 0.0142. The number of fused-ring (bicyclic) bond motifs is 1. The first kappa shape index (κ1) is 22.3. The first-order valence-corrected chi connectivity index (χ1v) is 12.1. The standard InChI is InChI=1S/C26H26FN5OS/c1-18-22-24(32-14-12-31(13-15-32)21-11-7-6-10-20(21)27)28-17-29-25(22)34-23(18)26(33)30(2)16-19-8-4-3-5-9-19/h3-11,17H,12-16H2,1-2H3. The predicted molar refractivity (Wildman–Crippen MR) is 135 cm³/mol. The van der Waals surface area contributed by atoms with Crippen LogP contribution in [-0.4, -0.2) is 54.0 Å². The molecule has 8 heteroatoms. The van der Waals surface area contributed by atoms with Crippen LogP contribution < -0.4 is 9.80 Å². The first-order valence-electron chi connectivity index (χ1n) is 11.3. The van der Waals surface area contributed by atoms with E-state index in [1.807, 2.05) is 56.4 Å². The molecule has 0 radical (unpaired) electrons. The molecule has 1 amide bonds. The molecule has 0 atom stereocenters. The predicted octanol–water partition coefficient (Wildman–Crippen LogP) is 4.74. The number of para-hydroxylation sites is 1. The molecule has 0 saturated carbocycles. The van der Waals surface area contributed by atoms with E-state index >= 15 is 0 Å². The fourth-order valence-corrected chi connectivity index (χ4v) is 5.60. The van der Waals surface area contributed by atoms with E-state index in [2.05, 4.69) is 19.8 Å². The molecule has 0 bridgehead atoms. The summed E-state index contributed by atoms with van der Waals surface area (Å²) in [6, 6.07) is 16.9. The number of hydrogen-bond acceptors (Lipinski definition) is 6. The Morgan fingerprint density at radius 3 is 2.41 bits per heavy atom. The van der Waals surface area contributed by atoms with E-state index < -0.39 is 0 Å². The summed E-state index contributed by atoms with van der Waals surface area (Å²) in [6.45, 7) is 5.34. The van der Waals surface area contributed by atoms with E-state index in [1.165, 1.54) is 17.4 Å². The topological polar surface area (TPSA) is 52.6 Å². The monoisotopic (exact) mass is 475 g/mol. The summed E-state index contributed by atoms with van der Waals surface area (Å²) >= 11 is 1.42. The van der Waals surface area contributed by atoms with Crippen molar-refractivity contribution >= 4 is 39.0 Å². The second kappa shape index (κ2) is 9.38. The van der Waals surface area contributed by atoms with Crippen molar-refractivity contribution in [3.05, 3.63) is 82.7 Å². The third kappa shape index (κ3) is 4.21. The maximum Gasteiger partial charge on any atom is 0.264 e. The number of carbonyl (C=O) groups excluding carboxylic acids is 1. The lowest BCUT2D eigenvalue weighted by atomic mass is 10.1. The van der Waals surface area contributed by atoms with Gasteiger partial charge in [0.05, 0.1) is 16.0 Å². The second-order valence-corrected chi connectivity index (χ2v) is 9.51. The third-order valence-electron chi connectivity index (χ3n) is 6.28. The van der Waals surface area contributed by atoms with Crippen molar-refractivity contribution in [3.63, 3.8) is 0 Å². The molecular weight excluding hydrogens is 449 g/mol. The summed E-state index contributed by atoms with van der Waals surface area (Å²) in [7, 11) is 1.83. The molecule has 4 aromatic rings. The van der Waals surface area contributed by atoms with E-state index in [0.717, 1.165) is 27.2 Å². The Balaban J connectivity index is 1.38. The highest BCUT2D eigenvalue weighted by Gasteiger charge is 2.26. The largest absolute Gasteiger partial charge is 0.366 e. The zero-order valence-corrected chi connectivity index (χ0v) is 20.1. The summed E-state index contributed by atoms with van der Waals surface area (Å²) in [6.07, 6.45) is 1.57. The number of carbonyl (C=O) groups is 1. The Morgan fingerprint density at radius 1 is 1.00 bits per heavy atom. The number of thiophene rings is 1. The molecule has 1 aliphatic rings. The molecule has 1 saturated heterocycles. The molecule has 0 unspecified atom stereocenters. The van der Waals surface area contributed by atoms with Crippen LogP contribution in [0.1, 0.15) is 20.8 Å². The molecule has 2 aromatic heterocycles. The molecule has 5 rings (SSSR count). The molecule has 3 heterocycles. The lowest BCUT2D eigenvalue weighted by Crippen LogP contribution is -2.47. The van der Waals surface area contributed by atoms with Gasteiger partial charge in [-0.3, -0.25) is 4.79 Å². The zero-order valence-electron chi connectivity index (χ0n) is 19.2. The summed E-state index contributed by atoms with van der Waals surface area (Å²) in [5.41, 5.74) is 2.64. The number of nitrogens with zero attached hydrogens (tertiary/aromatic N) is 5. The zero-order chi connectivity index (χ0) is 23.7. The average molecular weight is 476 g/mol. The normalized spacial score (nSPS) is 14.0. The van der Waals surface area contributed by atoms with Crippen LogP contribution >= 0.6 is 11.3 Å². The number of benzene rings is 2. The van der Waals surface area contributed by atoms with Gasteiger partial charge in [0.2, 0.25) is 0 Å². The number of piperazine rings is 1. The average Bonchev–Trinajstić information content (AvgIpc) is 3.21. The van der Waals surface area contributed by atoms with Gasteiger partial charge in [-0.15, -0.1) is 11.3 Å². The minimum atomic E-state index is -0.197. The maximum absolute atomic E-state index is 14.2. The fourth-order valence-electron chi connectivity index (χ4n) is 4.47. The molecule has 0 aliphatic carbocycles. The van der Waals surface area contributed by atoms with Gasteiger partial charge in [0.15, 0.2) is 0 Å². The summed E-state index contributed by atoms with van der Waals surface area (Å²) in [4.78, 5) is 29.9. The lowest BCUT2D eigenvalue weighted by Gasteiger charge is -2.37. The van der Waals surface area contributed by atoms with Crippen LogP contribution in [0.4, 0.5) is 15.9 Å². The SMILES string of the molecule is Cc1c(C(=O)N(C)Cc2ccccc2)sc2ncnc(N3CCN(c4ccccc4F)CC3)c12. The molecule has 0 N–H and O–H groups in total. The van der Waals surface area contributed by atoms with Crippen LogP contribution in [0.15, 0.2) is 60.9 Å². The van der Waals surface area contributed by atoms with Crippen LogP contribution in [0.2, 0.25) is 0 Å². The number of aromatic nitrogens is 2. The summed E-state index contributed by atoms with van der Waals surface area (Å²) in [5.74, 6) is 0.633. The Hall–Kier alpha value is -3.52. The number of halogens is 1. The van der Waals surface area contributed by atoms with Crippen molar-refractivity contribution in [2.24, 2.45) is 0 Å². The Bertz CT molecular complexity index is 1320. The highest BCUT2D eigenvalue weighted by atomic mass is 32.1. The third-order valence-corrected chi connectivity index (χ3v) is 7.47. The van der Waals surface area contributed by atoms with E-state index in [1.54, 1.807) is 17.3 Å². The smallest absolute Gasteiger partial charge is 0.264 e. The van der Waals surface area contributed by atoms with Crippen molar-refractivity contribution in [1.29, 1.82) is 0 Å². The van der Waals surface area contributed by atoms with E-state index in [0.29, 0.717) is 43.3 Å². The van der Waals surface area contributed by atoms with E-state index in [9.17, 15) is 9.18 Å². The first-order chi connectivity index (χ1) is 16.5. The number of rotatable bonds is 5. The summed E-state index contributed by atoms with van der Waals surface area (Å²) in [5, 5.41) is 0.934. The van der Waals surface area contributed by atoms with Gasteiger partial charge in [-0.05, 0) is 30.2 Å². The Morgan fingerprint density at radius 2 is 1.68 bits per heavy atom. The number of anilines is 2. The number of aryl methyl sites for hydroxylation is 1. The van der Waals surface area contributed by atoms with Gasteiger partial charge in [0, 0.05) is 39.8 Å². The van der Waals surface area contributed by atoms with Gasteiger partial charge in [-0.1, -0.05) is 42.5 Å². The molecule has 2 aromatic carbocycles. The van der Waals surface area contributed by atoms with Gasteiger partial charge < -0.3 is 14.7 Å². The summed E-state index contributed by atoms with van der Waals surface area (Å²) < 4.78 is 14.2.